The van der Waals surface area contributed by atoms with Crippen molar-refractivity contribution < 1.29 is 17.2 Å². The van der Waals surface area contributed by atoms with E-state index in [4.69, 9.17) is 0 Å². The molecule has 0 aliphatic heterocycles. The second-order valence-electron chi connectivity index (χ2n) is 1.87. The van der Waals surface area contributed by atoms with Gasteiger partial charge in [-0.1, -0.05) is 6.92 Å². The minimum atomic E-state index is -2.84. The average Bonchev–Trinajstić information content (AvgIpc) is 1.85. The molecule has 0 aliphatic carbocycles. The first-order valence-electron chi connectivity index (χ1n) is 2.82. The molecule has 2 nitrogen and oxygen atoms in total. The Morgan fingerprint density at radius 1 is 1.60 bits per heavy atom. The summed E-state index contributed by atoms with van der Waals surface area (Å²) in [5, 5.41) is 0. The van der Waals surface area contributed by atoms with E-state index in [1.54, 1.807) is 0 Å². The molecule has 0 fully saturated rings. The van der Waals surface area contributed by atoms with Gasteiger partial charge in [0.15, 0.2) is 11.1 Å². The zero-order chi connectivity index (χ0) is 8.20. The molecule has 0 rings (SSSR count). The Labute approximate surface area is 61.2 Å². The standard InChI is InChI=1S/C5H10F2O2S/c1-3-5(6,7)4-9-10(2)8/h3-4H2,1-2H3. The summed E-state index contributed by atoms with van der Waals surface area (Å²) in [5.41, 5.74) is 0. The summed E-state index contributed by atoms with van der Waals surface area (Å²) in [7, 11) is 0. The van der Waals surface area contributed by atoms with Gasteiger partial charge in [-0.05, 0) is 0 Å². The molecule has 0 aliphatic rings. The van der Waals surface area contributed by atoms with E-state index >= 15 is 0 Å². The van der Waals surface area contributed by atoms with Crippen LogP contribution in [-0.4, -0.2) is 23.0 Å². The van der Waals surface area contributed by atoms with E-state index in [2.05, 4.69) is 4.18 Å². The Kier molecular flexibility index (Phi) is 3.96. The Bertz CT molecular complexity index is 127. The Morgan fingerprint density at radius 3 is 2.40 bits per heavy atom. The van der Waals surface area contributed by atoms with Gasteiger partial charge in [-0.15, -0.1) is 0 Å². The van der Waals surface area contributed by atoms with Crippen LogP contribution in [0.25, 0.3) is 0 Å². The highest BCUT2D eigenvalue weighted by molar-refractivity contribution is 7.79. The van der Waals surface area contributed by atoms with Gasteiger partial charge in [0.25, 0.3) is 5.92 Å². The van der Waals surface area contributed by atoms with Crippen LogP contribution in [-0.2, 0) is 15.3 Å². The topological polar surface area (TPSA) is 26.3 Å². The highest BCUT2D eigenvalue weighted by Gasteiger charge is 2.26. The fraction of sp³-hybridized carbons (Fsp3) is 1.00. The van der Waals surface area contributed by atoms with Crippen LogP contribution in [0.3, 0.4) is 0 Å². The maximum absolute atomic E-state index is 12.3. The lowest BCUT2D eigenvalue weighted by Crippen LogP contribution is -2.22. The van der Waals surface area contributed by atoms with Crippen molar-refractivity contribution in [3.8, 4) is 0 Å². The normalized spacial score (nSPS) is 15.2. The highest BCUT2D eigenvalue weighted by Crippen LogP contribution is 2.17. The van der Waals surface area contributed by atoms with Gasteiger partial charge in [0.05, 0.1) is 0 Å². The maximum atomic E-state index is 12.3. The van der Waals surface area contributed by atoms with E-state index in [0.29, 0.717) is 0 Å². The number of hydrogen-bond acceptors (Lipinski definition) is 2. The molecule has 0 heterocycles. The Balaban J connectivity index is 3.56. The van der Waals surface area contributed by atoms with Crippen LogP contribution in [0, 0.1) is 0 Å². The molecule has 0 aromatic carbocycles. The lowest BCUT2D eigenvalue weighted by molar-refractivity contribution is -0.0400. The van der Waals surface area contributed by atoms with Crippen molar-refractivity contribution in [1.29, 1.82) is 0 Å². The molecule has 1 atom stereocenters. The molecular formula is C5H10F2O2S. The summed E-state index contributed by atoms with van der Waals surface area (Å²) in [6.07, 6.45) is 0.927. The van der Waals surface area contributed by atoms with Crippen molar-refractivity contribution in [3.05, 3.63) is 0 Å². The molecule has 5 heteroatoms. The first kappa shape index (κ1) is 9.97. The van der Waals surface area contributed by atoms with Gasteiger partial charge in [0, 0.05) is 12.7 Å². The number of hydrogen-bond donors (Lipinski definition) is 0. The second kappa shape index (κ2) is 3.98. The molecule has 0 bridgehead atoms. The van der Waals surface area contributed by atoms with Gasteiger partial charge in [-0.25, -0.2) is 13.0 Å². The molecule has 0 N–H and O–H groups in total. The zero-order valence-electron chi connectivity index (χ0n) is 5.89. The maximum Gasteiger partial charge on any atom is 0.272 e. The summed E-state index contributed by atoms with van der Waals surface area (Å²) in [5.74, 6) is -2.84. The van der Waals surface area contributed by atoms with Crippen molar-refractivity contribution in [3.63, 3.8) is 0 Å². The molecular weight excluding hydrogens is 162 g/mol. The van der Waals surface area contributed by atoms with E-state index in [0.717, 1.165) is 0 Å². The monoisotopic (exact) mass is 172 g/mol. The minimum Gasteiger partial charge on any atom is -0.284 e. The SMILES string of the molecule is CCC(F)(F)COS(C)=O. The summed E-state index contributed by atoms with van der Waals surface area (Å²) in [6, 6.07) is 0. The fourth-order valence-electron chi connectivity index (χ4n) is 0.271. The van der Waals surface area contributed by atoms with E-state index in [1.165, 1.54) is 13.2 Å². The first-order valence-corrected chi connectivity index (χ1v) is 4.31. The lowest BCUT2D eigenvalue weighted by Gasteiger charge is -2.11. The van der Waals surface area contributed by atoms with Gasteiger partial charge in [-0.2, -0.15) is 0 Å². The van der Waals surface area contributed by atoms with Crippen LogP contribution < -0.4 is 0 Å². The molecule has 0 amide bonds. The van der Waals surface area contributed by atoms with Crippen molar-refractivity contribution in [1.82, 2.24) is 0 Å². The van der Waals surface area contributed by atoms with Gasteiger partial charge < -0.3 is 0 Å². The van der Waals surface area contributed by atoms with E-state index in [-0.39, 0.29) is 6.42 Å². The smallest absolute Gasteiger partial charge is 0.272 e. The summed E-state index contributed by atoms with van der Waals surface area (Å²) in [4.78, 5) is 0. The largest absolute Gasteiger partial charge is 0.284 e. The molecule has 0 saturated heterocycles. The molecule has 0 radical (unpaired) electrons. The predicted octanol–water partition coefficient (Wildman–Crippen LogP) is 1.34. The van der Waals surface area contributed by atoms with Crippen LogP contribution in [0.2, 0.25) is 0 Å². The Hall–Kier alpha value is -0.0300. The number of alkyl halides is 2. The van der Waals surface area contributed by atoms with Gasteiger partial charge in [-0.3, -0.25) is 4.18 Å². The van der Waals surface area contributed by atoms with Crippen LogP contribution in [0.15, 0.2) is 0 Å². The molecule has 62 valence electrons. The van der Waals surface area contributed by atoms with E-state index in [1.807, 2.05) is 0 Å². The van der Waals surface area contributed by atoms with Crippen LogP contribution in [0.5, 0.6) is 0 Å². The second-order valence-corrected chi connectivity index (χ2v) is 2.91. The first-order chi connectivity index (χ1) is 4.48. The fourth-order valence-corrected chi connectivity index (χ4v) is 0.610. The molecule has 1 unspecified atom stereocenters. The third-order valence-electron chi connectivity index (χ3n) is 0.953. The predicted molar refractivity (Wildman–Crippen MR) is 35.3 cm³/mol. The molecule has 0 spiro atoms. The van der Waals surface area contributed by atoms with Crippen molar-refractivity contribution in [2.75, 3.05) is 12.9 Å². The quantitative estimate of drug-likeness (QED) is 0.639. The van der Waals surface area contributed by atoms with Gasteiger partial charge in [0.1, 0.15) is 6.61 Å². The highest BCUT2D eigenvalue weighted by atomic mass is 32.2. The van der Waals surface area contributed by atoms with Crippen molar-refractivity contribution in [2.45, 2.75) is 19.3 Å². The molecule has 0 aromatic rings. The van der Waals surface area contributed by atoms with Crippen LogP contribution in [0.4, 0.5) is 8.78 Å². The molecule has 10 heavy (non-hydrogen) atoms. The van der Waals surface area contributed by atoms with Crippen molar-refractivity contribution in [2.24, 2.45) is 0 Å². The zero-order valence-corrected chi connectivity index (χ0v) is 6.71. The third kappa shape index (κ3) is 4.81. The molecule has 0 saturated carbocycles. The minimum absolute atomic E-state index is 0.288. The van der Waals surface area contributed by atoms with Crippen LogP contribution >= 0.6 is 0 Å². The summed E-state index contributed by atoms with van der Waals surface area (Å²) >= 11 is -1.59. The summed E-state index contributed by atoms with van der Waals surface area (Å²) < 4.78 is 38.9. The third-order valence-corrected chi connectivity index (χ3v) is 1.40. The van der Waals surface area contributed by atoms with Gasteiger partial charge in [0.2, 0.25) is 0 Å². The van der Waals surface area contributed by atoms with Crippen molar-refractivity contribution >= 4 is 11.1 Å². The van der Waals surface area contributed by atoms with Crippen LogP contribution in [0.1, 0.15) is 13.3 Å². The Morgan fingerprint density at radius 2 is 2.10 bits per heavy atom. The number of halogens is 2. The van der Waals surface area contributed by atoms with E-state index < -0.39 is 23.6 Å². The van der Waals surface area contributed by atoms with Gasteiger partial charge >= 0.3 is 0 Å². The lowest BCUT2D eigenvalue weighted by atomic mass is 10.3. The van der Waals surface area contributed by atoms with E-state index in [9.17, 15) is 13.0 Å². The molecule has 0 aromatic heterocycles. The number of rotatable bonds is 4. The average molecular weight is 172 g/mol. The summed E-state index contributed by atoms with van der Waals surface area (Å²) in [6.45, 7) is 0.592.